The minimum atomic E-state index is -0.0777. The molecule has 29 heavy (non-hydrogen) atoms. The number of aryl methyl sites for hydroxylation is 2. The van der Waals surface area contributed by atoms with Gasteiger partial charge in [-0.05, 0) is 63.1 Å². The van der Waals surface area contributed by atoms with E-state index in [1.54, 1.807) is 23.5 Å². The first-order valence-electron chi connectivity index (χ1n) is 9.72. The van der Waals surface area contributed by atoms with Crippen molar-refractivity contribution in [2.45, 2.75) is 33.3 Å². The van der Waals surface area contributed by atoms with Crippen molar-refractivity contribution in [3.05, 3.63) is 75.7 Å². The Bertz CT molecular complexity index is 905. The fourth-order valence-corrected chi connectivity index (χ4v) is 3.29. The van der Waals surface area contributed by atoms with Gasteiger partial charge in [0.2, 0.25) is 0 Å². The fourth-order valence-electron chi connectivity index (χ4n) is 2.69. The number of hydrogen-bond donors (Lipinski definition) is 1. The van der Waals surface area contributed by atoms with Crippen LogP contribution in [0.4, 0.5) is 0 Å². The number of hydrogen-bond acceptors (Lipinski definition) is 5. The zero-order valence-electron chi connectivity index (χ0n) is 16.8. The number of carbonyl (C=O) groups is 1. The van der Waals surface area contributed by atoms with E-state index in [-0.39, 0.29) is 5.91 Å². The van der Waals surface area contributed by atoms with E-state index in [0.717, 1.165) is 35.0 Å². The number of nitrogens with zero attached hydrogens (tertiary/aromatic N) is 1. The lowest BCUT2D eigenvalue weighted by Crippen LogP contribution is -2.24. The Balaban J connectivity index is 1.32. The standard InChI is InChI=1S/C23H26N2O3S/c1-17-5-9-21(10-6-17)27-14-4-3-13-24-23(26)19-7-11-22(12-8-19)28-15-20-16-29-18(2)25-20/h5-12,16H,3-4,13-15H2,1-2H3,(H,24,26). The third kappa shape index (κ3) is 6.91. The summed E-state index contributed by atoms with van der Waals surface area (Å²) in [5.41, 5.74) is 2.76. The van der Waals surface area contributed by atoms with Crippen molar-refractivity contribution in [1.29, 1.82) is 0 Å². The summed E-state index contributed by atoms with van der Waals surface area (Å²) in [5.74, 6) is 1.53. The zero-order chi connectivity index (χ0) is 20.5. The largest absolute Gasteiger partial charge is 0.494 e. The highest BCUT2D eigenvalue weighted by atomic mass is 32.1. The van der Waals surface area contributed by atoms with Gasteiger partial charge in [-0.1, -0.05) is 17.7 Å². The maximum Gasteiger partial charge on any atom is 0.251 e. The lowest BCUT2D eigenvalue weighted by Gasteiger charge is -2.08. The molecule has 1 aromatic heterocycles. The molecule has 3 rings (SSSR count). The van der Waals surface area contributed by atoms with E-state index < -0.39 is 0 Å². The third-order valence-electron chi connectivity index (χ3n) is 4.32. The number of benzene rings is 2. The van der Waals surface area contributed by atoms with Crippen LogP contribution in [0.5, 0.6) is 11.5 Å². The predicted molar refractivity (Wildman–Crippen MR) is 116 cm³/mol. The number of unbranched alkanes of at least 4 members (excludes halogenated alkanes) is 1. The van der Waals surface area contributed by atoms with E-state index in [1.807, 2.05) is 48.7 Å². The van der Waals surface area contributed by atoms with Crippen molar-refractivity contribution in [2.75, 3.05) is 13.2 Å². The Morgan fingerprint density at radius 3 is 2.34 bits per heavy atom. The molecule has 0 spiro atoms. The molecular formula is C23H26N2O3S. The summed E-state index contributed by atoms with van der Waals surface area (Å²) in [6.45, 7) is 5.72. The van der Waals surface area contributed by atoms with Gasteiger partial charge in [-0.25, -0.2) is 4.98 Å². The van der Waals surface area contributed by atoms with Crippen LogP contribution in [0.25, 0.3) is 0 Å². The van der Waals surface area contributed by atoms with Crippen LogP contribution in [0.2, 0.25) is 0 Å². The third-order valence-corrected chi connectivity index (χ3v) is 5.14. The van der Waals surface area contributed by atoms with Crippen LogP contribution in [0.1, 0.15) is 39.5 Å². The average Bonchev–Trinajstić information content (AvgIpc) is 3.16. The van der Waals surface area contributed by atoms with E-state index in [9.17, 15) is 4.79 Å². The molecule has 0 bridgehead atoms. The fraction of sp³-hybridized carbons (Fsp3) is 0.304. The van der Waals surface area contributed by atoms with Gasteiger partial charge in [0.05, 0.1) is 17.3 Å². The lowest BCUT2D eigenvalue weighted by molar-refractivity contribution is 0.0952. The zero-order valence-corrected chi connectivity index (χ0v) is 17.6. The highest BCUT2D eigenvalue weighted by Gasteiger charge is 2.06. The van der Waals surface area contributed by atoms with Crippen LogP contribution in [0, 0.1) is 13.8 Å². The molecular weight excluding hydrogens is 384 g/mol. The van der Waals surface area contributed by atoms with Crippen LogP contribution in [-0.4, -0.2) is 24.0 Å². The smallest absolute Gasteiger partial charge is 0.251 e. The Labute approximate surface area is 175 Å². The van der Waals surface area contributed by atoms with Gasteiger partial charge < -0.3 is 14.8 Å². The van der Waals surface area contributed by atoms with E-state index >= 15 is 0 Å². The first-order valence-corrected chi connectivity index (χ1v) is 10.6. The highest BCUT2D eigenvalue weighted by Crippen LogP contribution is 2.16. The molecule has 1 heterocycles. The Hall–Kier alpha value is -2.86. The van der Waals surface area contributed by atoms with Crippen molar-refractivity contribution < 1.29 is 14.3 Å². The molecule has 0 atom stereocenters. The topological polar surface area (TPSA) is 60.5 Å². The Kier molecular flexibility index (Phi) is 7.64. The molecule has 152 valence electrons. The molecule has 0 saturated heterocycles. The summed E-state index contributed by atoms with van der Waals surface area (Å²) in [4.78, 5) is 16.6. The average molecular weight is 411 g/mol. The SMILES string of the molecule is Cc1ccc(OCCCCNC(=O)c2ccc(OCc3csc(C)n3)cc2)cc1. The minimum Gasteiger partial charge on any atom is -0.494 e. The van der Waals surface area contributed by atoms with Gasteiger partial charge in [0.1, 0.15) is 18.1 Å². The molecule has 0 unspecified atom stereocenters. The molecule has 0 aliphatic heterocycles. The number of ether oxygens (including phenoxy) is 2. The number of rotatable bonds is 10. The van der Waals surface area contributed by atoms with Gasteiger partial charge in [0.15, 0.2) is 0 Å². The van der Waals surface area contributed by atoms with Crippen LogP contribution in [0.3, 0.4) is 0 Å². The summed E-state index contributed by atoms with van der Waals surface area (Å²) in [6, 6.07) is 15.2. The van der Waals surface area contributed by atoms with Crippen molar-refractivity contribution in [3.63, 3.8) is 0 Å². The number of nitrogens with one attached hydrogen (secondary N) is 1. The molecule has 0 saturated carbocycles. The second kappa shape index (κ2) is 10.6. The lowest BCUT2D eigenvalue weighted by atomic mass is 10.2. The Morgan fingerprint density at radius 1 is 0.966 bits per heavy atom. The first kappa shape index (κ1) is 20.9. The highest BCUT2D eigenvalue weighted by molar-refractivity contribution is 7.09. The minimum absolute atomic E-state index is 0.0777. The summed E-state index contributed by atoms with van der Waals surface area (Å²) in [6.07, 6.45) is 1.75. The van der Waals surface area contributed by atoms with Crippen molar-refractivity contribution in [3.8, 4) is 11.5 Å². The van der Waals surface area contributed by atoms with Crippen molar-refractivity contribution in [1.82, 2.24) is 10.3 Å². The molecule has 3 aromatic rings. The van der Waals surface area contributed by atoms with Crippen LogP contribution in [-0.2, 0) is 6.61 Å². The molecule has 1 amide bonds. The number of aromatic nitrogens is 1. The van der Waals surface area contributed by atoms with Gasteiger partial charge >= 0.3 is 0 Å². The molecule has 0 fully saturated rings. The Morgan fingerprint density at radius 2 is 1.66 bits per heavy atom. The summed E-state index contributed by atoms with van der Waals surface area (Å²) in [5, 5.41) is 5.96. The van der Waals surface area contributed by atoms with Crippen LogP contribution < -0.4 is 14.8 Å². The van der Waals surface area contributed by atoms with Gasteiger partial charge in [0, 0.05) is 17.5 Å². The van der Waals surface area contributed by atoms with E-state index in [4.69, 9.17) is 9.47 Å². The number of carbonyl (C=O) groups excluding carboxylic acids is 1. The van der Waals surface area contributed by atoms with Crippen LogP contribution >= 0.6 is 11.3 Å². The van der Waals surface area contributed by atoms with E-state index in [2.05, 4.69) is 17.2 Å². The molecule has 6 heteroatoms. The van der Waals surface area contributed by atoms with E-state index in [0.29, 0.717) is 25.3 Å². The van der Waals surface area contributed by atoms with Gasteiger partial charge in [-0.2, -0.15) is 0 Å². The molecule has 2 aromatic carbocycles. The second-order valence-electron chi connectivity index (χ2n) is 6.80. The van der Waals surface area contributed by atoms with Crippen LogP contribution in [0.15, 0.2) is 53.9 Å². The van der Waals surface area contributed by atoms with Gasteiger partial charge in [-0.3, -0.25) is 4.79 Å². The molecule has 5 nitrogen and oxygen atoms in total. The molecule has 0 aliphatic carbocycles. The maximum absolute atomic E-state index is 12.2. The van der Waals surface area contributed by atoms with Crippen molar-refractivity contribution in [2.24, 2.45) is 0 Å². The number of thiazole rings is 1. The summed E-state index contributed by atoms with van der Waals surface area (Å²) < 4.78 is 11.4. The second-order valence-corrected chi connectivity index (χ2v) is 7.86. The first-order chi connectivity index (χ1) is 14.1. The summed E-state index contributed by atoms with van der Waals surface area (Å²) >= 11 is 1.61. The molecule has 0 aliphatic rings. The normalized spacial score (nSPS) is 10.6. The monoisotopic (exact) mass is 410 g/mol. The van der Waals surface area contributed by atoms with Gasteiger partial charge in [0.25, 0.3) is 5.91 Å². The van der Waals surface area contributed by atoms with Gasteiger partial charge in [-0.15, -0.1) is 11.3 Å². The summed E-state index contributed by atoms with van der Waals surface area (Å²) in [7, 11) is 0. The quantitative estimate of drug-likeness (QED) is 0.482. The maximum atomic E-state index is 12.2. The van der Waals surface area contributed by atoms with E-state index in [1.165, 1.54) is 5.56 Å². The molecule has 1 N–H and O–H groups in total. The number of amides is 1. The molecule has 0 radical (unpaired) electrons. The van der Waals surface area contributed by atoms with Crippen molar-refractivity contribution >= 4 is 17.2 Å². The predicted octanol–water partition coefficient (Wildman–Crippen LogP) is 4.93.